The highest BCUT2D eigenvalue weighted by Crippen LogP contribution is 2.18. The molecule has 0 amide bonds. The quantitative estimate of drug-likeness (QED) is 0.682. The van der Waals surface area contributed by atoms with Gasteiger partial charge >= 0.3 is 0 Å². The molecule has 0 aliphatic carbocycles. The first kappa shape index (κ1) is 10.4. The third-order valence-electron chi connectivity index (χ3n) is 2.28. The highest BCUT2D eigenvalue weighted by atomic mass is 32.2. The fourth-order valence-electron chi connectivity index (χ4n) is 1.44. The average molecular weight is 189 g/mol. The molecule has 0 bridgehead atoms. The molecule has 72 valence electrons. The van der Waals surface area contributed by atoms with Gasteiger partial charge in [0.1, 0.15) is 0 Å². The fraction of sp³-hybridized carbons (Fsp3) is 1.00. The molecule has 0 saturated carbocycles. The third kappa shape index (κ3) is 3.78. The lowest BCUT2D eigenvalue weighted by Gasteiger charge is -2.13. The van der Waals surface area contributed by atoms with Crippen molar-refractivity contribution in [2.24, 2.45) is 0 Å². The molecule has 0 aromatic carbocycles. The summed E-state index contributed by atoms with van der Waals surface area (Å²) in [5.74, 6) is 1.21. The molecule has 1 heterocycles. The molecule has 0 aromatic heterocycles. The molecule has 1 aliphatic heterocycles. The van der Waals surface area contributed by atoms with E-state index in [1.54, 1.807) is 0 Å². The fourth-order valence-corrected chi connectivity index (χ4v) is 2.56. The van der Waals surface area contributed by atoms with Crippen LogP contribution in [0.25, 0.3) is 0 Å². The van der Waals surface area contributed by atoms with Crippen LogP contribution in [-0.2, 0) is 0 Å². The van der Waals surface area contributed by atoms with Crippen molar-refractivity contribution in [2.75, 3.05) is 18.9 Å². The zero-order chi connectivity index (χ0) is 8.81. The Morgan fingerprint density at radius 3 is 3.08 bits per heavy atom. The van der Waals surface area contributed by atoms with Crippen LogP contribution in [0.15, 0.2) is 0 Å². The highest BCUT2D eigenvalue weighted by molar-refractivity contribution is 7.99. The van der Waals surface area contributed by atoms with Gasteiger partial charge in [0.2, 0.25) is 0 Å². The molecule has 12 heavy (non-hydrogen) atoms. The van der Waals surface area contributed by atoms with Crippen LogP contribution in [0.3, 0.4) is 0 Å². The van der Waals surface area contributed by atoms with Crippen LogP contribution in [0.2, 0.25) is 0 Å². The van der Waals surface area contributed by atoms with Gasteiger partial charge < -0.3 is 10.4 Å². The standard InChI is InChI=1S/C9H19NOS/c1-8(4-6-11)12-7-9-3-2-5-10-9/h8-11H,2-7H2,1H3/t8?,9-/m0/s1. The van der Waals surface area contributed by atoms with Gasteiger partial charge in [-0.3, -0.25) is 0 Å². The maximum atomic E-state index is 8.70. The summed E-state index contributed by atoms with van der Waals surface area (Å²) in [6, 6.07) is 0.733. The van der Waals surface area contributed by atoms with Crippen LogP contribution in [0.5, 0.6) is 0 Å². The summed E-state index contributed by atoms with van der Waals surface area (Å²) < 4.78 is 0. The highest BCUT2D eigenvalue weighted by Gasteiger charge is 2.14. The molecule has 1 rings (SSSR count). The molecule has 1 saturated heterocycles. The second kappa shape index (κ2) is 5.84. The predicted molar refractivity (Wildman–Crippen MR) is 54.6 cm³/mol. The van der Waals surface area contributed by atoms with Crippen molar-refractivity contribution in [2.45, 2.75) is 37.5 Å². The van der Waals surface area contributed by atoms with E-state index < -0.39 is 0 Å². The van der Waals surface area contributed by atoms with Crippen molar-refractivity contribution in [1.82, 2.24) is 5.32 Å². The summed E-state index contributed by atoms with van der Waals surface area (Å²) in [5.41, 5.74) is 0. The molecule has 0 spiro atoms. The zero-order valence-corrected chi connectivity index (χ0v) is 8.57. The van der Waals surface area contributed by atoms with Crippen LogP contribution in [-0.4, -0.2) is 35.3 Å². The lowest BCUT2D eigenvalue weighted by atomic mass is 10.3. The Hall–Kier alpha value is 0.270. The summed E-state index contributed by atoms with van der Waals surface area (Å²) in [4.78, 5) is 0. The van der Waals surface area contributed by atoms with Gasteiger partial charge in [-0.15, -0.1) is 0 Å². The maximum Gasteiger partial charge on any atom is 0.0441 e. The lowest BCUT2D eigenvalue weighted by molar-refractivity contribution is 0.289. The minimum absolute atomic E-state index is 0.326. The van der Waals surface area contributed by atoms with Gasteiger partial charge in [-0.2, -0.15) is 11.8 Å². The van der Waals surface area contributed by atoms with Gasteiger partial charge in [0.05, 0.1) is 0 Å². The number of nitrogens with one attached hydrogen (secondary N) is 1. The van der Waals surface area contributed by atoms with E-state index in [1.165, 1.54) is 25.1 Å². The Morgan fingerprint density at radius 1 is 1.67 bits per heavy atom. The Labute approximate surface area is 79.1 Å². The molecule has 2 atom stereocenters. The number of aliphatic hydroxyl groups is 1. The molecule has 0 radical (unpaired) electrons. The monoisotopic (exact) mass is 189 g/mol. The van der Waals surface area contributed by atoms with E-state index in [0.29, 0.717) is 11.9 Å². The van der Waals surface area contributed by atoms with E-state index in [1.807, 2.05) is 11.8 Å². The Kier molecular flexibility index (Phi) is 5.04. The number of thioether (sulfide) groups is 1. The Bertz CT molecular complexity index is 115. The first-order valence-electron chi connectivity index (χ1n) is 4.78. The third-order valence-corrected chi connectivity index (χ3v) is 3.68. The molecule has 0 aromatic rings. The normalized spacial score (nSPS) is 26.0. The zero-order valence-electron chi connectivity index (χ0n) is 7.75. The van der Waals surface area contributed by atoms with E-state index in [2.05, 4.69) is 12.2 Å². The van der Waals surface area contributed by atoms with E-state index in [4.69, 9.17) is 5.11 Å². The number of rotatable bonds is 5. The Morgan fingerprint density at radius 2 is 2.50 bits per heavy atom. The lowest BCUT2D eigenvalue weighted by Crippen LogP contribution is -2.24. The van der Waals surface area contributed by atoms with Crippen molar-refractivity contribution >= 4 is 11.8 Å². The van der Waals surface area contributed by atoms with E-state index >= 15 is 0 Å². The average Bonchev–Trinajstić information content (AvgIpc) is 2.53. The number of hydrogen-bond acceptors (Lipinski definition) is 3. The summed E-state index contributed by atoms with van der Waals surface area (Å²) in [5, 5.41) is 12.8. The minimum atomic E-state index is 0.326. The SMILES string of the molecule is CC(CCO)SC[C@@H]1CCCN1. The summed E-state index contributed by atoms with van der Waals surface area (Å²) in [6.45, 7) is 3.71. The van der Waals surface area contributed by atoms with Crippen LogP contribution < -0.4 is 5.32 Å². The smallest absolute Gasteiger partial charge is 0.0441 e. The van der Waals surface area contributed by atoms with Crippen molar-refractivity contribution in [3.8, 4) is 0 Å². The van der Waals surface area contributed by atoms with Crippen molar-refractivity contribution in [3.05, 3.63) is 0 Å². The van der Waals surface area contributed by atoms with Gasteiger partial charge in [0, 0.05) is 23.7 Å². The summed E-state index contributed by atoms with van der Waals surface area (Å²) in [7, 11) is 0. The van der Waals surface area contributed by atoms with Gasteiger partial charge in [-0.25, -0.2) is 0 Å². The largest absolute Gasteiger partial charge is 0.396 e. The Balaban J connectivity index is 1.99. The summed E-state index contributed by atoms with van der Waals surface area (Å²) in [6.07, 6.45) is 3.59. The number of aliphatic hydroxyl groups excluding tert-OH is 1. The van der Waals surface area contributed by atoms with Crippen molar-refractivity contribution in [3.63, 3.8) is 0 Å². The predicted octanol–water partition coefficient (Wildman–Crippen LogP) is 1.24. The molecule has 1 unspecified atom stereocenters. The number of hydrogen-bond donors (Lipinski definition) is 2. The molecular formula is C9H19NOS. The maximum absolute atomic E-state index is 8.70. The topological polar surface area (TPSA) is 32.3 Å². The molecule has 1 aliphatic rings. The van der Waals surface area contributed by atoms with Crippen LogP contribution in [0.1, 0.15) is 26.2 Å². The first-order chi connectivity index (χ1) is 5.83. The molecular weight excluding hydrogens is 170 g/mol. The summed E-state index contributed by atoms with van der Waals surface area (Å²) >= 11 is 1.98. The molecule has 3 heteroatoms. The van der Waals surface area contributed by atoms with Gasteiger partial charge in [-0.1, -0.05) is 6.92 Å². The van der Waals surface area contributed by atoms with E-state index in [9.17, 15) is 0 Å². The van der Waals surface area contributed by atoms with E-state index in [0.717, 1.165) is 12.5 Å². The van der Waals surface area contributed by atoms with Crippen LogP contribution in [0.4, 0.5) is 0 Å². The second-order valence-corrected chi connectivity index (χ2v) is 4.92. The van der Waals surface area contributed by atoms with Gasteiger partial charge in [-0.05, 0) is 25.8 Å². The van der Waals surface area contributed by atoms with Gasteiger partial charge in [0.15, 0.2) is 0 Å². The van der Waals surface area contributed by atoms with Gasteiger partial charge in [0.25, 0.3) is 0 Å². The minimum Gasteiger partial charge on any atom is -0.396 e. The van der Waals surface area contributed by atoms with Crippen molar-refractivity contribution in [1.29, 1.82) is 0 Å². The second-order valence-electron chi connectivity index (χ2n) is 3.45. The molecule has 2 N–H and O–H groups in total. The van der Waals surface area contributed by atoms with Crippen LogP contribution in [0, 0.1) is 0 Å². The molecule has 2 nitrogen and oxygen atoms in total. The van der Waals surface area contributed by atoms with Crippen molar-refractivity contribution < 1.29 is 5.11 Å². The van der Waals surface area contributed by atoms with E-state index in [-0.39, 0.29) is 0 Å². The molecule has 1 fully saturated rings. The first-order valence-corrected chi connectivity index (χ1v) is 5.83. The van der Waals surface area contributed by atoms with Crippen LogP contribution >= 0.6 is 11.8 Å².